The van der Waals surface area contributed by atoms with Crippen LogP contribution in [0.1, 0.15) is 19.3 Å². The summed E-state index contributed by atoms with van der Waals surface area (Å²) >= 11 is 5.37. The molecule has 0 aliphatic rings. The SMILES string of the molecule is COC(=O)CCN(CC(F)(F)F)C(=O)CCCCl. The average molecular weight is 290 g/mol. The largest absolute Gasteiger partial charge is 0.469 e. The van der Waals surface area contributed by atoms with E-state index >= 15 is 0 Å². The van der Waals surface area contributed by atoms with Crippen molar-refractivity contribution < 1.29 is 27.5 Å². The number of rotatable bonds is 7. The van der Waals surface area contributed by atoms with E-state index in [1.54, 1.807) is 0 Å². The molecule has 1 amide bonds. The monoisotopic (exact) mass is 289 g/mol. The molecule has 0 saturated heterocycles. The first-order valence-electron chi connectivity index (χ1n) is 5.27. The maximum atomic E-state index is 12.3. The van der Waals surface area contributed by atoms with E-state index < -0.39 is 24.6 Å². The van der Waals surface area contributed by atoms with Gasteiger partial charge in [0, 0.05) is 18.8 Å². The van der Waals surface area contributed by atoms with E-state index in [0.29, 0.717) is 11.3 Å². The van der Waals surface area contributed by atoms with Gasteiger partial charge in [0.05, 0.1) is 13.5 Å². The Kier molecular flexibility index (Phi) is 7.73. The minimum atomic E-state index is -4.49. The first-order chi connectivity index (χ1) is 8.30. The van der Waals surface area contributed by atoms with Crippen LogP contribution in [0.2, 0.25) is 0 Å². The Morgan fingerprint density at radius 2 is 1.89 bits per heavy atom. The van der Waals surface area contributed by atoms with Crippen LogP contribution in [0.5, 0.6) is 0 Å². The lowest BCUT2D eigenvalue weighted by atomic mass is 10.2. The van der Waals surface area contributed by atoms with Gasteiger partial charge in [0.1, 0.15) is 6.54 Å². The van der Waals surface area contributed by atoms with Crippen LogP contribution in [0.3, 0.4) is 0 Å². The molecule has 0 aliphatic carbocycles. The van der Waals surface area contributed by atoms with E-state index in [4.69, 9.17) is 11.6 Å². The third-order valence-corrected chi connectivity index (χ3v) is 2.33. The molecule has 8 heteroatoms. The minimum Gasteiger partial charge on any atom is -0.469 e. The second-order valence-corrected chi connectivity index (χ2v) is 3.93. The molecule has 0 aromatic carbocycles. The number of hydrogen-bond acceptors (Lipinski definition) is 3. The molecule has 0 aliphatic heterocycles. The van der Waals surface area contributed by atoms with Gasteiger partial charge >= 0.3 is 12.1 Å². The number of hydrogen-bond donors (Lipinski definition) is 0. The highest BCUT2D eigenvalue weighted by molar-refractivity contribution is 6.17. The van der Waals surface area contributed by atoms with Crippen molar-refractivity contribution in [2.24, 2.45) is 0 Å². The molecule has 0 spiro atoms. The lowest BCUT2D eigenvalue weighted by Gasteiger charge is -2.23. The number of alkyl halides is 4. The van der Waals surface area contributed by atoms with Crippen LogP contribution in [0, 0.1) is 0 Å². The summed E-state index contributed by atoms with van der Waals surface area (Å²) in [7, 11) is 1.13. The third-order valence-electron chi connectivity index (χ3n) is 2.06. The summed E-state index contributed by atoms with van der Waals surface area (Å²) in [6.07, 6.45) is -4.53. The van der Waals surface area contributed by atoms with Gasteiger partial charge in [-0.15, -0.1) is 11.6 Å². The van der Waals surface area contributed by atoms with E-state index in [-0.39, 0.29) is 25.3 Å². The van der Waals surface area contributed by atoms with Crippen LogP contribution >= 0.6 is 11.6 Å². The van der Waals surface area contributed by atoms with Crippen molar-refractivity contribution in [3.8, 4) is 0 Å². The highest BCUT2D eigenvalue weighted by Gasteiger charge is 2.32. The van der Waals surface area contributed by atoms with Crippen LogP contribution < -0.4 is 0 Å². The fourth-order valence-corrected chi connectivity index (χ4v) is 1.35. The van der Waals surface area contributed by atoms with Gasteiger partial charge in [-0.25, -0.2) is 0 Å². The van der Waals surface area contributed by atoms with Crippen molar-refractivity contribution in [2.45, 2.75) is 25.4 Å². The fourth-order valence-electron chi connectivity index (χ4n) is 1.21. The maximum absolute atomic E-state index is 12.3. The summed E-state index contributed by atoms with van der Waals surface area (Å²) in [6.45, 7) is -1.68. The van der Waals surface area contributed by atoms with Gasteiger partial charge in [0.15, 0.2) is 0 Å². The second-order valence-electron chi connectivity index (χ2n) is 3.55. The average Bonchev–Trinajstić information content (AvgIpc) is 2.29. The molecule has 0 unspecified atom stereocenters. The van der Waals surface area contributed by atoms with Crippen molar-refractivity contribution in [3.05, 3.63) is 0 Å². The lowest BCUT2D eigenvalue weighted by molar-refractivity contribution is -0.162. The molecule has 0 saturated carbocycles. The van der Waals surface area contributed by atoms with Crippen LogP contribution in [0.15, 0.2) is 0 Å². The van der Waals surface area contributed by atoms with Gasteiger partial charge in [-0.1, -0.05) is 0 Å². The maximum Gasteiger partial charge on any atom is 0.406 e. The van der Waals surface area contributed by atoms with Crippen molar-refractivity contribution in [1.29, 1.82) is 0 Å². The molecule has 106 valence electrons. The Morgan fingerprint density at radius 1 is 1.28 bits per heavy atom. The molecule has 0 aromatic rings. The zero-order chi connectivity index (χ0) is 14.2. The van der Waals surface area contributed by atoms with Crippen LogP contribution in [0.25, 0.3) is 0 Å². The van der Waals surface area contributed by atoms with Gasteiger partial charge in [-0.2, -0.15) is 13.2 Å². The fraction of sp³-hybridized carbons (Fsp3) is 0.800. The van der Waals surface area contributed by atoms with Crippen molar-refractivity contribution in [1.82, 2.24) is 4.90 Å². The number of carbonyl (C=O) groups is 2. The second kappa shape index (κ2) is 8.18. The Balaban J connectivity index is 4.41. The number of methoxy groups -OCH3 is 1. The zero-order valence-electron chi connectivity index (χ0n) is 9.93. The highest BCUT2D eigenvalue weighted by atomic mass is 35.5. The normalized spacial score (nSPS) is 11.2. The van der Waals surface area contributed by atoms with Gasteiger partial charge in [0.25, 0.3) is 0 Å². The van der Waals surface area contributed by atoms with Crippen molar-refractivity contribution >= 4 is 23.5 Å². The van der Waals surface area contributed by atoms with E-state index in [2.05, 4.69) is 4.74 Å². The third kappa shape index (κ3) is 8.16. The molecular formula is C10H15ClF3NO3. The van der Waals surface area contributed by atoms with Crippen LogP contribution in [-0.2, 0) is 14.3 Å². The Morgan fingerprint density at radius 3 is 2.33 bits per heavy atom. The van der Waals surface area contributed by atoms with Crippen LogP contribution in [-0.4, -0.2) is 49.0 Å². The standard InChI is InChI=1S/C10H15ClF3NO3/c1-18-9(17)4-6-15(7-10(12,13)14)8(16)3-2-5-11/h2-7H2,1H3. The number of carbonyl (C=O) groups excluding carboxylic acids is 2. The quantitative estimate of drug-likeness (QED) is 0.532. The minimum absolute atomic E-state index is 0.0687. The van der Waals surface area contributed by atoms with E-state index in [1.165, 1.54) is 0 Å². The lowest BCUT2D eigenvalue weighted by Crippen LogP contribution is -2.40. The molecule has 0 rings (SSSR count). The molecular weight excluding hydrogens is 275 g/mol. The first kappa shape index (κ1) is 17.0. The van der Waals surface area contributed by atoms with Crippen LogP contribution in [0.4, 0.5) is 13.2 Å². The number of esters is 1. The number of amides is 1. The molecule has 18 heavy (non-hydrogen) atoms. The predicted molar refractivity (Wildman–Crippen MR) is 59.2 cm³/mol. The summed E-state index contributed by atoms with van der Waals surface area (Å²) in [5.74, 6) is -1.13. The summed E-state index contributed by atoms with van der Waals surface area (Å²) in [5.41, 5.74) is 0. The van der Waals surface area contributed by atoms with Gasteiger partial charge in [-0.3, -0.25) is 9.59 Å². The van der Waals surface area contributed by atoms with Gasteiger partial charge in [0.2, 0.25) is 5.91 Å². The number of nitrogens with zero attached hydrogens (tertiary/aromatic N) is 1. The number of halogens is 4. The summed E-state index contributed by atoms with van der Waals surface area (Å²) < 4.78 is 41.1. The number of ether oxygens (including phenoxy) is 1. The molecule has 0 bridgehead atoms. The molecule has 0 N–H and O–H groups in total. The predicted octanol–water partition coefficient (Wildman–Crippen LogP) is 1.96. The molecule has 0 aromatic heterocycles. The summed E-state index contributed by atoms with van der Waals surface area (Å²) in [6, 6.07) is 0. The Hall–Kier alpha value is -0.980. The van der Waals surface area contributed by atoms with Gasteiger partial charge in [-0.05, 0) is 6.42 Å². The Bertz CT molecular complexity index is 284. The highest BCUT2D eigenvalue weighted by Crippen LogP contribution is 2.17. The molecule has 4 nitrogen and oxygen atoms in total. The topological polar surface area (TPSA) is 46.6 Å². The van der Waals surface area contributed by atoms with E-state index in [1.807, 2.05) is 0 Å². The van der Waals surface area contributed by atoms with E-state index in [0.717, 1.165) is 7.11 Å². The van der Waals surface area contributed by atoms with Crippen molar-refractivity contribution in [3.63, 3.8) is 0 Å². The first-order valence-corrected chi connectivity index (χ1v) is 5.81. The molecule has 0 atom stereocenters. The smallest absolute Gasteiger partial charge is 0.406 e. The van der Waals surface area contributed by atoms with E-state index in [9.17, 15) is 22.8 Å². The summed E-state index contributed by atoms with van der Waals surface area (Å²) in [4.78, 5) is 23.0. The van der Waals surface area contributed by atoms with Crippen molar-refractivity contribution in [2.75, 3.05) is 26.1 Å². The molecule has 0 heterocycles. The molecule has 0 radical (unpaired) electrons. The van der Waals surface area contributed by atoms with Gasteiger partial charge < -0.3 is 9.64 Å². The molecule has 0 fully saturated rings. The zero-order valence-corrected chi connectivity index (χ0v) is 10.7. The Labute approximate surface area is 108 Å². The summed E-state index contributed by atoms with van der Waals surface area (Å²) in [5, 5.41) is 0.